The Labute approximate surface area is 142 Å². The highest BCUT2D eigenvalue weighted by Gasteiger charge is 2.51. The van der Waals surface area contributed by atoms with Gasteiger partial charge in [-0.3, -0.25) is 9.59 Å². The second kappa shape index (κ2) is 5.94. The molecule has 3 rings (SSSR count). The minimum atomic E-state index is -1.11. The van der Waals surface area contributed by atoms with E-state index in [1.165, 1.54) is 12.3 Å². The average Bonchev–Trinajstić information content (AvgIpc) is 2.85. The van der Waals surface area contributed by atoms with Crippen LogP contribution in [-0.2, 0) is 9.59 Å². The number of hydrogen-bond acceptors (Lipinski definition) is 5. The fourth-order valence-electron chi connectivity index (χ4n) is 3.49. The van der Waals surface area contributed by atoms with Crippen molar-refractivity contribution in [2.45, 2.75) is 24.8 Å². The van der Waals surface area contributed by atoms with Gasteiger partial charge in [0.1, 0.15) is 5.82 Å². The van der Waals surface area contributed by atoms with Crippen LogP contribution in [0.4, 0.5) is 5.82 Å². The molecule has 2 saturated heterocycles. The van der Waals surface area contributed by atoms with Crippen molar-refractivity contribution in [3.8, 4) is 0 Å². The first kappa shape index (κ1) is 16.5. The molecular weight excluding hydrogens is 338 g/mol. The third-order valence-electron chi connectivity index (χ3n) is 4.77. The van der Waals surface area contributed by atoms with Gasteiger partial charge in [-0.2, -0.15) is 0 Å². The lowest BCUT2D eigenvalue weighted by atomic mass is 9.78. The number of carbonyl (C=O) groups excluding carboxylic acids is 1. The molecule has 128 valence electrons. The Hall–Kier alpha value is -2.35. The number of rotatable bonds is 3. The van der Waals surface area contributed by atoms with Crippen molar-refractivity contribution in [2.24, 2.45) is 5.92 Å². The summed E-state index contributed by atoms with van der Waals surface area (Å²) < 4.78 is 0. The Morgan fingerprint density at radius 2 is 2.00 bits per heavy atom. The summed E-state index contributed by atoms with van der Waals surface area (Å²) in [6, 6.07) is 1.34. The number of aromatic nitrogens is 1. The molecular formula is C15H16ClN3O5. The van der Waals surface area contributed by atoms with Gasteiger partial charge in [-0.05, 0) is 18.9 Å². The van der Waals surface area contributed by atoms with Gasteiger partial charge in [0.15, 0.2) is 0 Å². The minimum Gasteiger partial charge on any atom is -0.481 e. The highest BCUT2D eigenvalue weighted by atomic mass is 35.5. The number of anilines is 1. The first-order valence-electron chi connectivity index (χ1n) is 7.50. The second-order valence-electron chi connectivity index (χ2n) is 6.12. The van der Waals surface area contributed by atoms with Crippen molar-refractivity contribution in [1.29, 1.82) is 0 Å². The summed E-state index contributed by atoms with van der Waals surface area (Å²) in [7, 11) is 0. The molecule has 0 radical (unpaired) electrons. The van der Waals surface area contributed by atoms with E-state index in [0.717, 1.165) is 0 Å². The number of piperidine rings is 1. The van der Waals surface area contributed by atoms with Gasteiger partial charge in [-0.25, -0.2) is 9.78 Å². The summed E-state index contributed by atoms with van der Waals surface area (Å²) >= 11 is 6.13. The number of halogens is 1. The van der Waals surface area contributed by atoms with Crippen LogP contribution in [0, 0.1) is 5.92 Å². The summed E-state index contributed by atoms with van der Waals surface area (Å²) in [4.78, 5) is 40.0. The summed E-state index contributed by atoms with van der Waals surface area (Å²) in [5.74, 6) is -2.58. The van der Waals surface area contributed by atoms with Gasteiger partial charge in [-0.15, -0.1) is 0 Å². The maximum Gasteiger partial charge on any atom is 0.337 e. The van der Waals surface area contributed by atoms with Gasteiger partial charge < -0.3 is 20.4 Å². The number of nitrogens with one attached hydrogen (secondary N) is 1. The molecule has 8 nitrogen and oxygen atoms in total. The maximum atomic E-state index is 11.7. The molecule has 0 saturated carbocycles. The van der Waals surface area contributed by atoms with Crippen LogP contribution in [0.3, 0.4) is 0 Å². The van der Waals surface area contributed by atoms with E-state index in [1.54, 1.807) is 0 Å². The van der Waals surface area contributed by atoms with E-state index in [2.05, 4.69) is 10.3 Å². The van der Waals surface area contributed by atoms with Crippen LogP contribution >= 0.6 is 11.6 Å². The smallest absolute Gasteiger partial charge is 0.337 e. The number of carboxylic acids is 2. The van der Waals surface area contributed by atoms with Crippen molar-refractivity contribution < 1.29 is 24.6 Å². The number of carboxylic acid groups (broad SMARTS) is 2. The SMILES string of the molecule is O=C1CC(C(=O)O)C2(CCN(c3ncc(C(=O)O)cc3Cl)CC2)N1. The van der Waals surface area contributed by atoms with Crippen LogP contribution in [0.2, 0.25) is 5.02 Å². The van der Waals surface area contributed by atoms with Crippen LogP contribution in [0.25, 0.3) is 0 Å². The predicted molar refractivity (Wildman–Crippen MR) is 84.3 cm³/mol. The molecule has 1 unspecified atom stereocenters. The van der Waals surface area contributed by atoms with Crippen LogP contribution in [0.1, 0.15) is 29.6 Å². The molecule has 3 heterocycles. The molecule has 1 aromatic heterocycles. The lowest BCUT2D eigenvalue weighted by molar-refractivity contribution is -0.144. The van der Waals surface area contributed by atoms with Gasteiger partial charge in [0.2, 0.25) is 5.91 Å². The lowest BCUT2D eigenvalue weighted by Gasteiger charge is -2.42. The molecule has 3 N–H and O–H groups in total. The Balaban J connectivity index is 1.77. The third-order valence-corrected chi connectivity index (χ3v) is 5.05. The van der Waals surface area contributed by atoms with Gasteiger partial charge in [0.25, 0.3) is 0 Å². The zero-order chi connectivity index (χ0) is 17.5. The van der Waals surface area contributed by atoms with Crippen molar-refractivity contribution >= 4 is 35.3 Å². The highest BCUT2D eigenvalue weighted by Crippen LogP contribution is 2.38. The first-order valence-corrected chi connectivity index (χ1v) is 7.88. The summed E-state index contributed by atoms with van der Waals surface area (Å²) in [6.07, 6.45) is 2.18. The van der Waals surface area contributed by atoms with Crippen LogP contribution in [0.5, 0.6) is 0 Å². The lowest BCUT2D eigenvalue weighted by Crippen LogP contribution is -2.55. The molecule has 0 aliphatic carbocycles. The van der Waals surface area contributed by atoms with E-state index in [0.29, 0.717) is 31.7 Å². The van der Waals surface area contributed by atoms with Gasteiger partial charge in [0, 0.05) is 25.7 Å². The quantitative estimate of drug-likeness (QED) is 0.741. The monoisotopic (exact) mass is 353 g/mol. The third kappa shape index (κ3) is 2.77. The number of nitrogens with zero attached hydrogens (tertiary/aromatic N) is 2. The van der Waals surface area contributed by atoms with Crippen molar-refractivity contribution in [1.82, 2.24) is 10.3 Å². The zero-order valence-electron chi connectivity index (χ0n) is 12.7. The molecule has 1 spiro atoms. The van der Waals surface area contributed by atoms with E-state index >= 15 is 0 Å². The summed E-state index contributed by atoms with van der Waals surface area (Å²) in [5.41, 5.74) is -0.724. The van der Waals surface area contributed by atoms with Crippen molar-refractivity contribution in [2.75, 3.05) is 18.0 Å². The highest BCUT2D eigenvalue weighted by molar-refractivity contribution is 6.33. The van der Waals surface area contributed by atoms with E-state index in [4.69, 9.17) is 16.7 Å². The Bertz CT molecular complexity index is 715. The second-order valence-corrected chi connectivity index (χ2v) is 6.53. The molecule has 1 atom stereocenters. The van der Waals surface area contributed by atoms with Gasteiger partial charge in [-0.1, -0.05) is 11.6 Å². The predicted octanol–water partition coefficient (Wildman–Crippen LogP) is 0.993. The summed E-state index contributed by atoms with van der Waals surface area (Å²) in [5, 5.41) is 21.4. The minimum absolute atomic E-state index is 0.00163. The number of pyridine rings is 1. The Morgan fingerprint density at radius 1 is 1.33 bits per heavy atom. The molecule has 1 amide bonds. The van der Waals surface area contributed by atoms with Crippen molar-refractivity contribution in [3.63, 3.8) is 0 Å². The number of aliphatic carboxylic acids is 1. The normalized spacial score (nSPS) is 22.5. The van der Waals surface area contributed by atoms with Crippen LogP contribution in [-0.4, -0.2) is 51.7 Å². The standard InChI is InChI=1S/C15H16ClN3O5/c16-10-5-8(13(21)22)7-17-12(10)19-3-1-15(2-4-19)9(14(23)24)6-11(20)18-15/h5,7,9H,1-4,6H2,(H,18,20)(H,21,22)(H,23,24). The average molecular weight is 354 g/mol. The van der Waals surface area contributed by atoms with Gasteiger partial charge >= 0.3 is 11.9 Å². The summed E-state index contributed by atoms with van der Waals surface area (Å²) in [6.45, 7) is 0.951. The van der Waals surface area contributed by atoms with Crippen molar-refractivity contribution in [3.05, 3.63) is 22.8 Å². The molecule has 0 aromatic carbocycles. The number of amides is 1. The molecule has 9 heteroatoms. The molecule has 1 aromatic rings. The molecule has 2 aliphatic heterocycles. The topological polar surface area (TPSA) is 120 Å². The fourth-order valence-corrected chi connectivity index (χ4v) is 3.78. The Kier molecular flexibility index (Phi) is 4.08. The molecule has 0 bridgehead atoms. The largest absolute Gasteiger partial charge is 0.481 e. The zero-order valence-corrected chi connectivity index (χ0v) is 13.4. The Morgan fingerprint density at radius 3 is 2.54 bits per heavy atom. The molecule has 2 fully saturated rings. The van der Waals surface area contributed by atoms with Crippen LogP contribution in [0.15, 0.2) is 12.3 Å². The van der Waals surface area contributed by atoms with E-state index in [9.17, 15) is 19.5 Å². The first-order chi connectivity index (χ1) is 11.3. The number of carbonyl (C=O) groups is 3. The van der Waals surface area contributed by atoms with Gasteiger partial charge in [0.05, 0.1) is 22.0 Å². The molecule has 2 aliphatic rings. The molecule has 24 heavy (non-hydrogen) atoms. The van der Waals surface area contributed by atoms with Crippen LogP contribution < -0.4 is 10.2 Å². The van der Waals surface area contributed by atoms with E-state index in [1.807, 2.05) is 4.90 Å². The number of aromatic carboxylic acids is 1. The van der Waals surface area contributed by atoms with E-state index in [-0.39, 0.29) is 22.9 Å². The number of hydrogen-bond donors (Lipinski definition) is 3. The fraction of sp³-hybridized carbons (Fsp3) is 0.467. The maximum absolute atomic E-state index is 11.7. The van der Waals surface area contributed by atoms with E-state index < -0.39 is 23.4 Å².